The van der Waals surface area contributed by atoms with Gasteiger partial charge in [0.1, 0.15) is 13.2 Å². The number of fused-ring (bicyclic) bond motifs is 1. The Bertz CT molecular complexity index is 624. The van der Waals surface area contributed by atoms with Gasteiger partial charge in [-0.15, -0.1) is 0 Å². The lowest BCUT2D eigenvalue weighted by Crippen LogP contribution is -2.42. The Morgan fingerprint density at radius 2 is 2.20 bits per heavy atom. The number of benzene rings is 1. The van der Waals surface area contributed by atoms with Gasteiger partial charge in [0, 0.05) is 25.8 Å². The molecule has 0 spiro atoms. The number of hydrogen-bond donors (Lipinski definition) is 0. The highest BCUT2D eigenvalue weighted by atomic mass is 16.6. The molecular formula is C19H25NO5. The van der Waals surface area contributed by atoms with Gasteiger partial charge in [0.2, 0.25) is 11.7 Å². The fourth-order valence-corrected chi connectivity index (χ4v) is 3.17. The summed E-state index contributed by atoms with van der Waals surface area (Å²) < 4.78 is 22.2. The van der Waals surface area contributed by atoms with Crippen LogP contribution >= 0.6 is 0 Å². The van der Waals surface area contributed by atoms with Crippen LogP contribution in [0.2, 0.25) is 0 Å². The van der Waals surface area contributed by atoms with E-state index < -0.39 is 0 Å². The van der Waals surface area contributed by atoms with Gasteiger partial charge in [-0.25, -0.2) is 0 Å². The topological polar surface area (TPSA) is 57.2 Å². The molecule has 1 atom stereocenters. The molecule has 0 bridgehead atoms. The summed E-state index contributed by atoms with van der Waals surface area (Å²) in [6, 6.07) is 3.70. The number of ether oxygens (including phenoxy) is 4. The molecule has 1 saturated heterocycles. The van der Waals surface area contributed by atoms with Crippen molar-refractivity contribution in [1.82, 2.24) is 4.90 Å². The molecule has 1 fully saturated rings. The summed E-state index contributed by atoms with van der Waals surface area (Å²) in [4.78, 5) is 14.3. The molecule has 3 rings (SSSR count). The molecule has 0 radical (unpaired) electrons. The zero-order chi connectivity index (χ0) is 17.6. The fraction of sp³-hybridized carbons (Fsp3) is 0.526. The van der Waals surface area contributed by atoms with Gasteiger partial charge in [0.25, 0.3) is 0 Å². The Morgan fingerprint density at radius 3 is 3.00 bits per heavy atom. The van der Waals surface area contributed by atoms with Crippen LogP contribution in [0.15, 0.2) is 18.2 Å². The van der Waals surface area contributed by atoms with E-state index in [4.69, 9.17) is 18.9 Å². The third-order valence-corrected chi connectivity index (χ3v) is 4.36. The van der Waals surface area contributed by atoms with Crippen molar-refractivity contribution in [3.63, 3.8) is 0 Å². The number of nitrogens with zero attached hydrogens (tertiary/aromatic N) is 1. The smallest absolute Gasteiger partial charge is 0.246 e. The average molecular weight is 347 g/mol. The summed E-state index contributed by atoms with van der Waals surface area (Å²) in [7, 11) is 1.59. The molecule has 1 aromatic rings. The highest BCUT2D eigenvalue weighted by molar-refractivity contribution is 5.92. The monoisotopic (exact) mass is 347 g/mol. The standard InChI is InChI=1S/C19H25NO5/c1-3-23-15-5-4-8-20(13-15)18(21)7-6-14-11-16(22-2)19-17(12-14)24-9-10-25-19/h6-7,11-12,15H,3-5,8-10,13H2,1-2H3/b7-6+. The predicted octanol–water partition coefficient (Wildman–Crippen LogP) is 2.51. The lowest BCUT2D eigenvalue weighted by Gasteiger charge is -2.31. The van der Waals surface area contributed by atoms with Gasteiger partial charge >= 0.3 is 0 Å². The van der Waals surface area contributed by atoms with Gasteiger partial charge in [-0.1, -0.05) is 0 Å². The minimum atomic E-state index is -0.00161. The second kappa shape index (κ2) is 8.25. The van der Waals surface area contributed by atoms with E-state index in [2.05, 4.69) is 0 Å². The van der Waals surface area contributed by atoms with Crippen molar-refractivity contribution in [1.29, 1.82) is 0 Å². The van der Waals surface area contributed by atoms with Crippen LogP contribution in [0.4, 0.5) is 0 Å². The van der Waals surface area contributed by atoms with Crippen molar-refractivity contribution in [2.75, 3.05) is 40.0 Å². The molecule has 0 N–H and O–H groups in total. The van der Waals surface area contributed by atoms with Crippen LogP contribution in [0.5, 0.6) is 17.2 Å². The van der Waals surface area contributed by atoms with E-state index >= 15 is 0 Å². The second-order valence-corrected chi connectivity index (χ2v) is 6.08. The fourth-order valence-electron chi connectivity index (χ4n) is 3.17. The molecule has 2 aliphatic rings. The maximum Gasteiger partial charge on any atom is 0.246 e. The van der Waals surface area contributed by atoms with Crippen LogP contribution in [0, 0.1) is 0 Å². The van der Waals surface area contributed by atoms with Gasteiger partial charge in [-0.3, -0.25) is 4.79 Å². The van der Waals surface area contributed by atoms with Crippen molar-refractivity contribution >= 4 is 12.0 Å². The predicted molar refractivity (Wildman–Crippen MR) is 94.2 cm³/mol. The molecule has 2 aliphatic heterocycles. The number of carbonyl (C=O) groups is 1. The maximum absolute atomic E-state index is 12.5. The van der Waals surface area contributed by atoms with E-state index in [-0.39, 0.29) is 12.0 Å². The number of carbonyl (C=O) groups excluding carboxylic acids is 1. The number of amides is 1. The molecule has 25 heavy (non-hydrogen) atoms. The van der Waals surface area contributed by atoms with Crippen LogP contribution in [0.25, 0.3) is 6.08 Å². The summed E-state index contributed by atoms with van der Waals surface area (Å²) in [5.74, 6) is 1.87. The second-order valence-electron chi connectivity index (χ2n) is 6.08. The molecule has 0 saturated carbocycles. The minimum Gasteiger partial charge on any atom is -0.493 e. The van der Waals surface area contributed by atoms with Gasteiger partial charge in [-0.2, -0.15) is 0 Å². The van der Waals surface area contributed by atoms with E-state index in [9.17, 15) is 4.79 Å². The van der Waals surface area contributed by atoms with Crippen LogP contribution in [-0.2, 0) is 9.53 Å². The Labute approximate surface area is 148 Å². The van der Waals surface area contributed by atoms with Crippen LogP contribution in [0.3, 0.4) is 0 Å². The van der Waals surface area contributed by atoms with Crippen LogP contribution < -0.4 is 14.2 Å². The van der Waals surface area contributed by atoms with E-state index in [0.717, 1.165) is 24.9 Å². The first kappa shape index (κ1) is 17.6. The molecular weight excluding hydrogens is 322 g/mol. The van der Waals surface area contributed by atoms with E-state index in [1.165, 1.54) is 0 Å². The van der Waals surface area contributed by atoms with Gasteiger partial charge in [-0.05, 0) is 43.5 Å². The Balaban J connectivity index is 1.70. The molecule has 0 aliphatic carbocycles. The summed E-state index contributed by atoms with van der Waals surface area (Å²) in [6.07, 6.45) is 5.51. The molecule has 1 amide bonds. The number of piperidine rings is 1. The van der Waals surface area contributed by atoms with E-state index in [1.807, 2.05) is 24.0 Å². The highest BCUT2D eigenvalue weighted by Crippen LogP contribution is 2.40. The summed E-state index contributed by atoms with van der Waals surface area (Å²) in [5, 5.41) is 0. The normalized spacial score (nSPS) is 19.9. The third-order valence-electron chi connectivity index (χ3n) is 4.36. The van der Waals surface area contributed by atoms with Crippen molar-refractivity contribution in [3.8, 4) is 17.2 Å². The molecule has 136 valence electrons. The minimum absolute atomic E-state index is 0.00161. The lowest BCUT2D eigenvalue weighted by atomic mass is 10.1. The zero-order valence-corrected chi connectivity index (χ0v) is 14.8. The quantitative estimate of drug-likeness (QED) is 0.766. The summed E-state index contributed by atoms with van der Waals surface area (Å²) in [6.45, 7) is 5.11. The number of hydrogen-bond acceptors (Lipinski definition) is 5. The van der Waals surface area contributed by atoms with Gasteiger partial charge in [0.05, 0.1) is 13.2 Å². The Kier molecular flexibility index (Phi) is 5.81. The molecule has 1 unspecified atom stereocenters. The first-order valence-electron chi connectivity index (χ1n) is 8.77. The first-order valence-corrected chi connectivity index (χ1v) is 8.77. The number of rotatable bonds is 5. The third kappa shape index (κ3) is 4.25. The largest absolute Gasteiger partial charge is 0.493 e. The Morgan fingerprint density at radius 1 is 1.36 bits per heavy atom. The summed E-state index contributed by atoms with van der Waals surface area (Å²) in [5.41, 5.74) is 0.841. The van der Waals surface area contributed by atoms with Crippen LogP contribution in [0.1, 0.15) is 25.3 Å². The molecule has 1 aromatic carbocycles. The lowest BCUT2D eigenvalue weighted by molar-refractivity contribution is -0.129. The number of methoxy groups -OCH3 is 1. The van der Waals surface area contributed by atoms with E-state index in [0.29, 0.717) is 43.6 Å². The molecule has 6 heteroatoms. The average Bonchev–Trinajstić information content (AvgIpc) is 2.66. The van der Waals surface area contributed by atoms with Crippen molar-refractivity contribution in [2.45, 2.75) is 25.9 Å². The molecule has 0 aromatic heterocycles. The SMILES string of the molecule is CCOC1CCCN(C(=O)/C=C/c2cc(OC)c3c(c2)OCCO3)C1. The van der Waals surface area contributed by atoms with Gasteiger partial charge in [0.15, 0.2) is 11.5 Å². The zero-order valence-electron chi connectivity index (χ0n) is 14.8. The van der Waals surface area contributed by atoms with Crippen molar-refractivity contribution < 1.29 is 23.7 Å². The molecule has 6 nitrogen and oxygen atoms in total. The molecule has 2 heterocycles. The highest BCUT2D eigenvalue weighted by Gasteiger charge is 2.22. The first-order chi connectivity index (χ1) is 12.2. The number of likely N-dealkylation sites (tertiary alicyclic amines) is 1. The maximum atomic E-state index is 12.5. The van der Waals surface area contributed by atoms with Crippen molar-refractivity contribution in [3.05, 3.63) is 23.8 Å². The van der Waals surface area contributed by atoms with E-state index in [1.54, 1.807) is 19.3 Å². The van der Waals surface area contributed by atoms with Crippen molar-refractivity contribution in [2.24, 2.45) is 0 Å². The Hall–Kier alpha value is -2.21. The summed E-state index contributed by atoms with van der Waals surface area (Å²) >= 11 is 0. The van der Waals surface area contributed by atoms with Gasteiger partial charge < -0.3 is 23.8 Å². The van der Waals surface area contributed by atoms with Crippen LogP contribution in [-0.4, -0.2) is 56.9 Å².